The zero-order valence-corrected chi connectivity index (χ0v) is 18.8. The molecule has 0 unspecified atom stereocenters. The fourth-order valence-corrected chi connectivity index (χ4v) is 2.46. The molecule has 0 aliphatic carbocycles. The van der Waals surface area contributed by atoms with E-state index in [2.05, 4.69) is 52.9 Å². The number of benzene rings is 1. The lowest BCUT2D eigenvalue weighted by Crippen LogP contribution is -2.37. The van der Waals surface area contributed by atoms with Crippen LogP contribution < -0.4 is 10.6 Å². The zero-order chi connectivity index (χ0) is 18.6. The smallest absolute Gasteiger partial charge is 0.191 e. The molecule has 2 N–H and O–H groups in total. The van der Waals surface area contributed by atoms with Crippen LogP contribution in [-0.2, 0) is 17.8 Å². The summed E-state index contributed by atoms with van der Waals surface area (Å²) >= 11 is 0. The minimum atomic E-state index is 0. The van der Waals surface area contributed by atoms with Gasteiger partial charge in [0.15, 0.2) is 5.96 Å². The highest BCUT2D eigenvalue weighted by Gasteiger charge is 2.02. The van der Waals surface area contributed by atoms with Gasteiger partial charge in [-0.2, -0.15) is 5.10 Å². The predicted octanol–water partition coefficient (Wildman–Crippen LogP) is 3.28. The van der Waals surface area contributed by atoms with Crippen molar-refractivity contribution in [1.82, 2.24) is 20.4 Å². The van der Waals surface area contributed by atoms with Gasteiger partial charge >= 0.3 is 0 Å². The molecule has 0 bridgehead atoms. The lowest BCUT2D eigenvalue weighted by molar-refractivity contribution is 0.108. The van der Waals surface area contributed by atoms with E-state index in [1.54, 1.807) is 7.05 Å². The molecule has 27 heavy (non-hydrogen) atoms. The van der Waals surface area contributed by atoms with Crippen LogP contribution in [0.25, 0.3) is 0 Å². The van der Waals surface area contributed by atoms with Crippen LogP contribution in [0, 0.1) is 5.92 Å². The van der Waals surface area contributed by atoms with Gasteiger partial charge in [-0.15, -0.1) is 24.0 Å². The maximum absolute atomic E-state index is 5.58. The standard InChI is InChI=1S/C20H31N5O.HI/c1-17(2)16-26-11-7-10-22-20(21-3)23-12-19-13-24-25(15-19)14-18-8-5-4-6-9-18;/h4-6,8-9,13,15,17H,7,10-12,14,16H2,1-3H3,(H2,21,22,23);1H. The molecule has 0 aliphatic heterocycles. The average molecular weight is 485 g/mol. The summed E-state index contributed by atoms with van der Waals surface area (Å²) in [4.78, 5) is 4.25. The third-order valence-corrected chi connectivity index (χ3v) is 3.77. The van der Waals surface area contributed by atoms with E-state index in [9.17, 15) is 0 Å². The van der Waals surface area contributed by atoms with Gasteiger partial charge in [-0.3, -0.25) is 9.67 Å². The van der Waals surface area contributed by atoms with Crippen LogP contribution in [-0.4, -0.2) is 42.5 Å². The van der Waals surface area contributed by atoms with Crippen molar-refractivity contribution in [2.45, 2.75) is 33.4 Å². The van der Waals surface area contributed by atoms with Crippen molar-refractivity contribution in [2.24, 2.45) is 10.9 Å². The molecule has 2 aromatic rings. The first-order valence-electron chi connectivity index (χ1n) is 9.25. The average Bonchev–Trinajstić information content (AvgIpc) is 3.08. The van der Waals surface area contributed by atoms with Crippen molar-refractivity contribution >= 4 is 29.9 Å². The van der Waals surface area contributed by atoms with E-state index in [1.807, 2.05) is 29.1 Å². The number of nitrogens with one attached hydrogen (secondary N) is 2. The molecule has 0 fully saturated rings. The van der Waals surface area contributed by atoms with Crippen molar-refractivity contribution in [2.75, 3.05) is 26.8 Å². The molecule has 0 atom stereocenters. The molecule has 0 radical (unpaired) electrons. The van der Waals surface area contributed by atoms with Gasteiger partial charge in [-0.1, -0.05) is 44.2 Å². The number of aromatic nitrogens is 2. The Bertz CT molecular complexity index is 657. The van der Waals surface area contributed by atoms with Crippen molar-refractivity contribution in [3.05, 3.63) is 53.9 Å². The van der Waals surface area contributed by atoms with Crippen molar-refractivity contribution < 1.29 is 4.74 Å². The monoisotopic (exact) mass is 485 g/mol. The second kappa shape index (κ2) is 13.5. The summed E-state index contributed by atoms with van der Waals surface area (Å²) in [6.07, 6.45) is 4.92. The highest BCUT2D eigenvalue weighted by atomic mass is 127. The topological polar surface area (TPSA) is 63.5 Å². The molecule has 0 saturated heterocycles. The summed E-state index contributed by atoms with van der Waals surface area (Å²) in [5.41, 5.74) is 2.37. The molecule has 150 valence electrons. The minimum Gasteiger partial charge on any atom is -0.381 e. The third kappa shape index (κ3) is 9.76. The first-order valence-corrected chi connectivity index (χ1v) is 9.25. The van der Waals surface area contributed by atoms with Gasteiger partial charge in [0.25, 0.3) is 0 Å². The quantitative estimate of drug-likeness (QED) is 0.235. The maximum atomic E-state index is 5.58. The summed E-state index contributed by atoms with van der Waals surface area (Å²) < 4.78 is 7.53. The minimum absolute atomic E-state index is 0. The van der Waals surface area contributed by atoms with Gasteiger partial charge in [-0.05, 0) is 17.9 Å². The summed E-state index contributed by atoms with van der Waals surface area (Å²) in [5.74, 6) is 1.38. The summed E-state index contributed by atoms with van der Waals surface area (Å²) in [5, 5.41) is 11.0. The summed E-state index contributed by atoms with van der Waals surface area (Å²) in [7, 11) is 1.78. The molecule has 0 amide bonds. The maximum Gasteiger partial charge on any atom is 0.191 e. The molecule has 6 nitrogen and oxygen atoms in total. The number of aliphatic imine (C=N–C) groups is 1. The Morgan fingerprint density at radius 3 is 2.67 bits per heavy atom. The van der Waals surface area contributed by atoms with Gasteiger partial charge in [0.1, 0.15) is 0 Å². The SMILES string of the molecule is CN=C(NCCCOCC(C)C)NCc1cnn(Cc2ccccc2)c1.I. The Morgan fingerprint density at radius 2 is 1.96 bits per heavy atom. The van der Waals surface area contributed by atoms with E-state index in [1.165, 1.54) is 5.56 Å². The second-order valence-corrected chi connectivity index (χ2v) is 6.71. The van der Waals surface area contributed by atoms with Crippen LogP contribution in [0.4, 0.5) is 0 Å². The van der Waals surface area contributed by atoms with Crippen LogP contribution in [0.15, 0.2) is 47.7 Å². The van der Waals surface area contributed by atoms with Gasteiger partial charge in [0.2, 0.25) is 0 Å². The van der Waals surface area contributed by atoms with E-state index in [0.717, 1.165) is 44.2 Å². The lowest BCUT2D eigenvalue weighted by atomic mass is 10.2. The van der Waals surface area contributed by atoms with Gasteiger partial charge in [0, 0.05) is 45.1 Å². The van der Waals surface area contributed by atoms with Crippen LogP contribution >= 0.6 is 24.0 Å². The van der Waals surface area contributed by atoms with E-state index in [0.29, 0.717) is 12.5 Å². The van der Waals surface area contributed by atoms with Crippen LogP contribution in [0.5, 0.6) is 0 Å². The summed E-state index contributed by atoms with van der Waals surface area (Å²) in [6.45, 7) is 8.22. The summed E-state index contributed by atoms with van der Waals surface area (Å²) in [6, 6.07) is 10.3. The Balaban J connectivity index is 0.00000364. The highest BCUT2D eigenvalue weighted by Crippen LogP contribution is 2.03. The Kier molecular flexibility index (Phi) is 11.8. The highest BCUT2D eigenvalue weighted by molar-refractivity contribution is 14.0. The van der Waals surface area contributed by atoms with Crippen LogP contribution in [0.1, 0.15) is 31.4 Å². The Labute approximate surface area is 179 Å². The first kappa shape index (κ1) is 23.4. The fourth-order valence-electron chi connectivity index (χ4n) is 2.46. The molecule has 1 heterocycles. The lowest BCUT2D eigenvalue weighted by Gasteiger charge is -2.11. The molecule has 0 spiro atoms. The molecule has 0 saturated carbocycles. The number of guanidine groups is 1. The first-order chi connectivity index (χ1) is 12.7. The van der Waals surface area contributed by atoms with E-state index in [4.69, 9.17) is 4.74 Å². The molecular formula is C20H32IN5O. The van der Waals surface area contributed by atoms with Crippen molar-refractivity contribution in [3.63, 3.8) is 0 Å². The fraction of sp³-hybridized carbons (Fsp3) is 0.500. The number of hydrogen-bond acceptors (Lipinski definition) is 3. The normalized spacial score (nSPS) is 11.3. The van der Waals surface area contributed by atoms with E-state index >= 15 is 0 Å². The molecule has 1 aromatic carbocycles. The largest absolute Gasteiger partial charge is 0.381 e. The number of ether oxygens (including phenoxy) is 1. The Hall–Kier alpha value is -1.61. The number of halogens is 1. The molecule has 0 aliphatic rings. The number of nitrogens with zero attached hydrogens (tertiary/aromatic N) is 3. The third-order valence-electron chi connectivity index (χ3n) is 3.77. The molecule has 1 aromatic heterocycles. The van der Waals surface area contributed by atoms with Crippen molar-refractivity contribution in [1.29, 1.82) is 0 Å². The number of rotatable bonds is 10. The molecule has 7 heteroatoms. The van der Waals surface area contributed by atoms with E-state index in [-0.39, 0.29) is 24.0 Å². The van der Waals surface area contributed by atoms with Gasteiger partial charge in [-0.25, -0.2) is 0 Å². The number of hydrogen-bond donors (Lipinski definition) is 2. The van der Waals surface area contributed by atoms with Crippen LogP contribution in [0.2, 0.25) is 0 Å². The predicted molar refractivity (Wildman–Crippen MR) is 122 cm³/mol. The Morgan fingerprint density at radius 1 is 1.19 bits per heavy atom. The molecule has 2 rings (SSSR count). The van der Waals surface area contributed by atoms with Gasteiger partial charge in [0.05, 0.1) is 12.7 Å². The van der Waals surface area contributed by atoms with E-state index < -0.39 is 0 Å². The second-order valence-electron chi connectivity index (χ2n) is 6.71. The zero-order valence-electron chi connectivity index (χ0n) is 16.5. The van der Waals surface area contributed by atoms with Crippen LogP contribution in [0.3, 0.4) is 0 Å². The molecular weight excluding hydrogens is 453 g/mol. The van der Waals surface area contributed by atoms with Crippen molar-refractivity contribution in [3.8, 4) is 0 Å². The van der Waals surface area contributed by atoms with Gasteiger partial charge < -0.3 is 15.4 Å².